The first-order valence-corrected chi connectivity index (χ1v) is 8.64. The zero-order valence-corrected chi connectivity index (χ0v) is 13.5. The van der Waals surface area contributed by atoms with Crippen molar-refractivity contribution in [1.82, 2.24) is 0 Å². The topological polar surface area (TPSA) is 57.5 Å². The molecule has 4 aliphatic carbocycles. The highest BCUT2D eigenvalue weighted by molar-refractivity contribution is 5.95. The van der Waals surface area contributed by atoms with E-state index in [0.717, 1.165) is 24.8 Å². The van der Waals surface area contributed by atoms with Crippen molar-refractivity contribution in [2.24, 2.45) is 28.6 Å². The van der Waals surface area contributed by atoms with Crippen LogP contribution in [0, 0.1) is 28.6 Å². The summed E-state index contributed by atoms with van der Waals surface area (Å²) in [6.07, 6.45) is 0.298. The number of allylic oxidation sites excluding steroid dienone is 1. The molecule has 0 heterocycles. The Morgan fingerprint density at radius 3 is 2.73 bits per heavy atom. The van der Waals surface area contributed by atoms with E-state index in [-0.39, 0.29) is 41.1 Å². The SMILES string of the molecule is [2H]C1([2H])C[C@H]2[C@@H]3CCC4=C(O)C(=O)CC[C@]4(C)[C@H]3CC[C@]2(C)[C@@]1([2H])O. The summed E-state index contributed by atoms with van der Waals surface area (Å²) in [4.78, 5) is 11.9. The highest BCUT2D eigenvalue weighted by atomic mass is 16.3. The van der Waals surface area contributed by atoms with Gasteiger partial charge in [-0.05, 0) is 79.1 Å². The lowest BCUT2D eigenvalue weighted by Crippen LogP contribution is -2.51. The lowest BCUT2D eigenvalue weighted by Gasteiger charge is -2.57. The minimum atomic E-state index is -2.06. The van der Waals surface area contributed by atoms with E-state index in [2.05, 4.69) is 6.92 Å². The fourth-order valence-electron chi connectivity index (χ4n) is 6.09. The Morgan fingerprint density at radius 2 is 1.95 bits per heavy atom. The molecule has 0 aliphatic heterocycles. The molecule has 4 rings (SSSR count). The van der Waals surface area contributed by atoms with Crippen LogP contribution >= 0.6 is 0 Å². The standard InChI is InChI=1S/C19H28O3/c1-18-10-8-15(20)17(22)14(18)4-3-11-12-5-6-16(21)19(12,2)9-7-13(11)18/h11-13,16,21-22H,3-10H2,1-2H3/t11-,12-,13-,16-,18+,19-/m0/s1/i6D2,16D. The van der Waals surface area contributed by atoms with Crippen molar-refractivity contribution in [2.45, 2.75) is 71.2 Å². The molecule has 3 heteroatoms. The second-order valence-electron chi connectivity index (χ2n) is 8.27. The Balaban J connectivity index is 1.75. The summed E-state index contributed by atoms with van der Waals surface area (Å²) in [6.45, 7) is 4.04. The second-order valence-corrected chi connectivity index (χ2v) is 8.27. The van der Waals surface area contributed by atoms with Crippen LogP contribution in [0.3, 0.4) is 0 Å². The molecule has 0 amide bonds. The van der Waals surface area contributed by atoms with E-state index in [4.69, 9.17) is 4.11 Å². The fourth-order valence-corrected chi connectivity index (χ4v) is 6.09. The van der Waals surface area contributed by atoms with Gasteiger partial charge >= 0.3 is 0 Å². The van der Waals surface area contributed by atoms with Gasteiger partial charge < -0.3 is 10.2 Å². The Kier molecular flexibility index (Phi) is 2.44. The highest BCUT2D eigenvalue weighted by Crippen LogP contribution is 2.65. The predicted octanol–water partition coefficient (Wildman–Crippen LogP) is 3.76. The summed E-state index contributed by atoms with van der Waals surface area (Å²) in [6, 6.07) is 0. The monoisotopic (exact) mass is 307 g/mol. The number of fused-ring (bicyclic) bond motifs is 5. The van der Waals surface area contributed by atoms with E-state index in [1.54, 1.807) is 0 Å². The van der Waals surface area contributed by atoms with E-state index in [0.29, 0.717) is 19.3 Å². The predicted molar refractivity (Wildman–Crippen MR) is 84.3 cm³/mol. The Bertz CT molecular complexity index is 671. The van der Waals surface area contributed by atoms with Crippen LogP contribution in [0.2, 0.25) is 0 Å². The molecule has 2 N–H and O–H groups in total. The number of aliphatic hydroxyl groups is 2. The van der Waals surface area contributed by atoms with Gasteiger partial charge in [0, 0.05) is 9.16 Å². The summed E-state index contributed by atoms with van der Waals surface area (Å²) in [5.41, 5.74) is -0.0461. The van der Waals surface area contributed by atoms with Gasteiger partial charge in [0.2, 0.25) is 0 Å². The van der Waals surface area contributed by atoms with Crippen LogP contribution in [0.5, 0.6) is 0 Å². The van der Waals surface area contributed by atoms with E-state index in [9.17, 15) is 15.0 Å². The maximum atomic E-state index is 11.9. The van der Waals surface area contributed by atoms with Gasteiger partial charge in [-0.1, -0.05) is 13.8 Å². The molecule has 3 nitrogen and oxygen atoms in total. The van der Waals surface area contributed by atoms with Crippen LogP contribution in [-0.2, 0) is 4.79 Å². The van der Waals surface area contributed by atoms with Gasteiger partial charge in [-0.25, -0.2) is 0 Å². The first-order valence-electron chi connectivity index (χ1n) is 10.1. The van der Waals surface area contributed by atoms with Crippen molar-refractivity contribution >= 4 is 5.78 Å². The number of hydrogen-bond acceptors (Lipinski definition) is 3. The summed E-state index contributed by atoms with van der Waals surface area (Å²) >= 11 is 0. The lowest BCUT2D eigenvalue weighted by atomic mass is 9.47. The number of aliphatic hydroxyl groups excluding tert-OH is 1. The third kappa shape index (κ3) is 1.69. The Morgan fingerprint density at radius 1 is 1.18 bits per heavy atom. The molecule has 3 fully saturated rings. The second kappa shape index (κ2) is 4.59. The van der Waals surface area contributed by atoms with Gasteiger partial charge in [-0.15, -0.1) is 0 Å². The summed E-state index contributed by atoms with van der Waals surface area (Å²) < 4.78 is 24.9. The molecule has 6 atom stereocenters. The van der Waals surface area contributed by atoms with Crippen molar-refractivity contribution in [3.05, 3.63) is 11.3 Å². The molecule has 0 bridgehead atoms. The maximum absolute atomic E-state index is 11.9. The van der Waals surface area contributed by atoms with Crippen LogP contribution in [0.4, 0.5) is 0 Å². The number of hydrogen-bond donors (Lipinski definition) is 2. The number of carbonyl (C=O) groups is 1. The van der Waals surface area contributed by atoms with Gasteiger partial charge in [0.15, 0.2) is 11.5 Å². The smallest absolute Gasteiger partial charge is 0.197 e. The fraction of sp³-hybridized carbons (Fsp3) is 0.842. The molecule has 0 saturated heterocycles. The third-order valence-electron chi connectivity index (χ3n) is 7.51. The average Bonchev–Trinajstić information content (AvgIpc) is 2.67. The molecule has 3 saturated carbocycles. The van der Waals surface area contributed by atoms with E-state index in [1.807, 2.05) is 6.92 Å². The molecular weight excluding hydrogens is 276 g/mol. The molecule has 122 valence electrons. The van der Waals surface area contributed by atoms with E-state index < -0.39 is 17.9 Å². The number of Topliss-reactive ketones (excluding diaryl/α,β-unsaturated/α-hetero) is 1. The van der Waals surface area contributed by atoms with Crippen molar-refractivity contribution in [3.8, 4) is 0 Å². The van der Waals surface area contributed by atoms with Crippen molar-refractivity contribution in [3.63, 3.8) is 0 Å². The Labute approximate surface area is 137 Å². The van der Waals surface area contributed by atoms with Crippen molar-refractivity contribution in [2.75, 3.05) is 0 Å². The number of rotatable bonds is 0. The zero-order valence-electron chi connectivity index (χ0n) is 16.5. The van der Waals surface area contributed by atoms with Gasteiger partial charge in [-0.2, -0.15) is 0 Å². The molecule has 0 aromatic carbocycles. The zero-order chi connectivity index (χ0) is 18.4. The van der Waals surface area contributed by atoms with Crippen LogP contribution in [-0.4, -0.2) is 22.1 Å². The largest absolute Gasteiger partial charge is 0.504 e. The van der Waals surface area contributed by atoms with Gasteiger partial charge in [-0.3, -0.25) is 4.79 Å². The van der Waals surface area contributed by atoms with Crippen molar-refractivity contribution in [1.29, 1.82) is 0 Å². The molecular formula is C19H28O3. The molecule has 22 heavy (non-hydrogen) atoms. The average molecular weight is 307 g/mol. The van der Waals surface area contributed by atoms with Crippen LogP contribution in [0.1, 0.15) is 69.3 Å². The van der Waals surface area contributed by atoms with E-state index >= 15 is 0 Å². The number of carbonyl (C=O) groups excluding carboxylic acids is 1. The molecule has 4 aliphatic rings. The molecule has 0 aromatic heterocycles. The normalized spacial score (nSPS) is 59.0. The lowest BCUT2D eigenvalue weighted by molar-refractivity contribution is -0.122. The van der Waals surface area contributed by atoms with Crippen LogP contribution in [0.15, 0.2) is 11.3 Å². The van der Waals surface area contributed by atoms with Gasteiger partial charge in [0.25, 0.3) is 0 Å². The Hall–Kier alpha value is -0.830. The molecule has 0 unspecified atom stereocenters. The quantitative estimate of drug-likeness (QED) is 0.716. The third-order valence-corrected chi connectivity index (χ3v) is 7.51. The molecule has 0 aromatic rings. The summed E-state index contributed by atoms with van der Waals surface area (Å²) in [7, 11) is 0. The van der Waals surface area contributed by atoms with E-state index in [1.165, 1.54) is 0 Å². The molecule has 0 spiro atoms. The minimum absolute atomic E-state index is 0.0260. The van der Waals surface area contributed by atoms with Crippen LogP contribution < -0.4 is 0 Å². The molecule has 0 radical (unpaired) electrons. The first-order chi connectivity index (χ1) is 11.5. The highest BCUT2D eigenvalue weighted by Gasteiger charge is 2.59. The summed E-state index contributed by atoms with van der Waals surface area (Å²) in [5, 5.41) is 21.1. The van der Waals surface area contributed by atoms with Gasteiger partial charge in [0.05, 0.1) is 7.45 Å². The minimum Gasteiger partial charge on any atom is -0.504 e. The van der Waals surface area contributed by atoms with Crippen LogP contribution in [0.25, 0.3) is 0 Å². The maximum Gasteiger partial charge on any atom is 0.197 e. The first kappa shape index (κ1) is 11.7. The summed E-state index contributed by atoms with van der Waals surface area (Å²) in [5.74, 6) is 0.322. The van der Waals surface area contributed by atoms with Crippen molar-refractivity contribution < 1.29 is 19.1 Å². The number of ketones is 1. The van der Waals surface area contributed by atoms with Gasteiger partial charge in [0.1, 0.15) is 0 Å².